The second-order valence-electron chi connectivity index (χ2n) is 4.36. The van der Waals surface area contributed by atoms with E-state index in [-0.39, 0.29) is 5.37 Å². The third-order valence-corrected chi connectivity index (χ3v) is 5.40. The lowest BCUT2D eigenvalue weighted by Gasteiger charge is -2.22. The smallest absolute Gasteiger partial charge is 0.223 e. The average Bonchev–Trinajstić information content (AvgIpc) is 2.93. The van der Waals surface area contributed by atoms with Crippen LogP contribution in [0.1, 0.15) is 41.3 Å². The van der Waals surface area contributed by atoms with Gasteiger partial charge in [0, 0.05) is 28.5 Å². The minimum Gasteiger partial charge on any atom is -0.325 e. The third kappa shape index (κ3) is 3.05. The summed E-state index contributed by atoms with van der Waals surface area (Å²) in [4.78, 5) is 16.8. The predicted molar refractivity (Wildman–Crippen MR) is 75.5 cm³/mol. The molecule has 2 rings (SSSR count). The molecule has 1 amide bonds. The van der Waals surface area contributed by atoms with Crippen molar-refractivity contribution in [3.8, 4) is 0 Å². The van der Waals surface area contributed by atoms with Crippen LogP contribution in [0.3, 0.4) is 0 Å². The fourth-order valence-corrected chi connectivity index (χ4v) is 4.41. The average molecular weight is 269 g/mol. The molecule has 2 nitrogen and oxygen atoms in total. The van der Waals surface area contributed by atoms with Gasteiger partial charge in [0.15, 0.2) is 0 Å². The normalized spacial score (nSPS) is 19.9. The van der Waals surface area contributed by atoms with Crippen molar-refractivity contribution in [3.63, 3.8) is 0 Å². The van der Waals surface area contributed by atoms with Crippen molar-refractivity contribution in [2.45, 2.75) is 38.5 Å². The molecular weight excluding hydrogens is 250 g/mol. The molecule has 0 bridgehead atoms. The van der Waals surface area contributed by atoms with Gasteiger partial charge in [-0.2, -0.15) is 0 Å². The van der Waals surface area contributed by atoms with E-state index in [1.165, 1.54) is 9.75 Å². The van der Waals surface area contributed by atoms with Gasteiger partial charge < -0.3 is 4.90 Å². The lowest BCUT2D eigenvalue weighted by molar-refractivity contribution is -0.131. The van der Waals surface area contributed by atoms with E-state index in [9.17, 15) is 4.79 Å². The molecule has 1 aromatic heterocycles. The molecule has 0 saturated carbocycles. The van der Waals surface area contributed by atoms with E-state index in [1.807, 2.05) is 23.1 Å². The highest BCUT2D eigenvalue weighted by molar-refractivity contribution is 7.99. The van der Waals surface area contributed by atoms with Gasteiger partial charge in [-0.15, -0.1) is 23.1 Å². The largest absolute Gasteiger partial charge is 0.325 e. The number of thioether (sulfide) groups is 1. The Kier molecular flexibility index (Phi) is 4.51. The van der Waals surface area contributed by atoms with Crippen molar-refractivity contribution >= 4 is 29.0 Å². The van der Waals surface area contributed by atoms with E-state index in [1.54, 1.807) is 0 Å². The first-order chi connectivity index (χ1) is 8.22. The highest BCUT2D eigenvalue weighted by Gasteiger charge is 2.30. The topological polar surface area (TPSA) is 20.3 Å². The summed E-state index contributed by atoms with van der Waals surface area (Å²) in [6, 6.07) is 4.32. The van der Waals surface area contributed by atoms with Crippen LogP contribution >= 0.6 is 23.1 Å². The van der Waals surface area contributed by atoms with Crippen molar-refractivity contribution in [1.82, 2.24) is 4.90 Å². The first-order valence-corrected chi connectivity index (χ1v) is 8.06. The van der Waals surface area contributed by atoms with E-state index < -0.39 is 0 Å². The van der Waals surface area contributed by atoms with E-state index in [0.29, 0.717) is 12.3 Å². The van der Waals surface area contributed by atoms with Crippen LogP contribution in [0.2, 0.25) is 0 Å². The van der Waals surface area contributed by atoms with Crippen molar-refractivity contribution in [2.75, 3.05) is 12.3 Å². The van der Waals surface area contributed by atoms with Gasteiger partial charge in [0.1, 0.15) is 5.37 Å². The molecule has 0 spiro atoms. The Balaban J connectivity index is 2.04. The molecule has 1 unspecified atom stereocenters. The van der Waals surface area contributed by atoms with Crippen LogP contribution in [-0.2, 0) is 4.79 Å². The predicted octanol–water partition coefficient (Wildman–Crippen LogP) is 3.82. The number of thiophene rings is 1. The van der Waals surface area contributed by atoms with Crippen molar-refractivity contribution in [2.24, 2.45) is 0 Å². The molecule has 4 heteroatoms. The SMILES string of the molecule is CCCCC(=O)N1CCSC1c1ccc(C)s1. The maximum absolute atomic E-state index is 12.1. The minimum atomic E-state index is 0.276. The second-order valence-corrected chi connectivity index (χ2v) is 6.87. The van der Waals surface area contributed by atoms with Crippen LogP contribution in [-0.4, -0.2) is 23.1 Å². The number of carbonyl (C=O) groups excluding carboxylic acids is 1. The number of carbonyl (C=O) groups is 1. The summed E-state index contributed by atoms with van der Waals surface area (Å²) in [5.41, 5.74) is 0. The van der Waals surface area contributed by atoms with Gasteiger partial charge in [0.25, 0.3) is 0 Å². The zero-order valence-electron chi connectivity index (χ0n) is 10.4. The Bertz CT molecular complexity index is 389. The summed E-state index contributed by atoms with van der Waals surface area (Å²) in [6.07, 6.45) is 2.81. The molecule has 0 N–H and O–H groups in total. The van der Waals surface area contributed by atoms with Crippen LogP contribution in [0.25, 0.3) is 0 Å². The summed E-state index contributed by atoms with van der Waals surface area (Å²) in [5, 5.41) is 0.276. The van der Waals surface area contributed by atoms with Crippen LogP contribution in [0.4, 0.5) is 0 Å². The zero-order valence-corrected chi connectivity index (χ0v) is 12.1. The van der Waals surface area contributed by atoms with Gasteiger partial charge in [-0.3, -0.25) is 4.79 Å². The quantitative estimate of drug-likeness (QED) is 0.828. The molecule has 1 fully saturated rings. The first-order valence-electron chi connectivity index (χ1n) is 6.19. The van der Waals surface area contributed by atoms with E-state index in [2.05, 4.69) is 30.9 Å². The zero-order chi connectivity index (χ0) is 12.3. The molecule has 1 atom stereocenters. The molecule has 2 heterocycles. The van der Waals surface area contributed by atoms with Gasteiger partial charge in [-0.05, 0) is 25.5 Å². The third-order valence-electron chi connectivity index (χ3n) is 2.96. The van der Waals surface area contributed by atoms with Crippen LogP contribution < -0.4 is 0 Å². The molecule has 17 heavy (non-hydrogen) atoms. The monoisotopic (exact) mass is 269 g/mol. The van der Waals surface area contributed by atoms with Crippen LogP contribution in [0.15, 0.2) is 12.1 Å². The molecule has 0 aromatic carbocycles. The lowest BCUT2D eigenvalue weighted by Crippen LogP contribution is -2.29. The van der Waals surface area contributed by atoms with E-state index in [0.717, 1.165) is 25.1 Å². The molecular formula is C13H19NOS2. The fraction of sp³-hybridized carbons (Fsp3) is 0.615. The number of unbranched alkanes of at least 4 members (excludes halogenated alkanes) is 1. The minimum absolute atomic E-state index is 0.276. The van der Waals surface area contributed by atoms with E-state index in [4.69, 9.17) is 0 Å². The first kappa shape index (κ1) is 13.0. The van der Waals surface area contributed by atoms with Gasteiger partial charge in [0.2, 0.25) is 5.91 Å². The molecule has 1 saturated heterocycles. The van der Waals surface area contributed by atoms with Crippen molar-refractivity contribution in [1.29, 1.82) is 0 Å². The molecule has 0 aliphatic carbocycles. The number of nitrogens with zero attached hydrogens (tertiary/aromatic N) is 1. The van der Waals surface area contributed by atoms with Crippen molar-refractivity contribution in [3.05, 3.63) is 21.9 Å². The lowest BCUT2D eigenvalue weighted by atomic mass is 10.2. The maximum atomic E-state index is 12.1. The summed E-state index contributed by atoms with van der Waals surface area (Å²) in [5.74, 6) is 1.40. The Morgan fingerprint density at radius 1 is 1.53 bits per heavy atom. The number of rotatable bonds is 4. The summed E-state index contributed by atoms with van der Waals surface area (Å²) in [7, 11) is 0. The summed E-state index contributed by atoms with van der Waals surface area (Å²) >= 11 is 3.71. The molecule has 1 aliphatic rings. The highest BCUT2D eigenvalue weighted by atomic mass is 32.2. The Labute approximate surface area is 111 Å². The fourth-order valence-electron chi connectivity index (χ4n) is 2.02. The van der Waals surface area contributed by atoms with Gasteiger partial charge >= 0.3 is 0 Å². The summed E-state index contributed by atoms with van der Waals surface area (Å²) < 4.78 is 0. The summed E-state index contributed by atoms with van der Waals surface area (Å²) in [6.45, 7) is 5.16. The standard InChI is InChI=1S/C13H19NOS2/c1-3-4-5-12(15)14-8-9-16-13(14)11-7-6-10(2)17-11/h6-7,13H,3-5,8-9H2,1-2H3. The molecule has 94 valence electrons. The number of hydrogen-bond donors (Lipinski definition) is 0. The van der Waals surface area contributed by atoms with Crippen LogP contribution in [0.5, 0.6) is 0 Å². The highest BCUT2D eigenvalue weighted by Crippen LogP contribution is 2.41. The molecule has 0 radical (unpaired) electrons. The number of hydrogen-bond acceptors (Lipinski definition) is 3. The number of amides is 1. The van der Waals surface area contributed by atoms with Crippen molar-refractivity contribution < 1.29 is 4.79 Å². The van der Waals surface area contributed by atoms with Gasteiger partial charge in [-0.1, -0.05) is 13.3 Å². The Hall–Kier alpha value is -0.480. The van der Waals surface area contributed by atoms with E-state index >= 15 is 0 Å². The molecule has 1 aromatic rings. The van der Waals surface area contributed by atoms with Gasteiger partial charge in [-0.25, -0.2) is 0 Å². The Morgan fingerprint density at radius 2 is 2.35 bits per heavy atom. The van der Waals surface area contributed by atoms with Gasteiger partial charge in [0.05, 0.1) is 0 Å². The maximum Gasteiger partial charge on any atom is 0.223 e. The number of aryl methyl sites for hydroxylation is 1. The molecule has 1 aliphatic heterocycles. The van der Waals surface area contributed by atoms with Crippen LogP contribution in [0, 0.1) is 6.92 Å². The Morgan fingerprint density at radius 3 is 3.00 bits per heavy atom. The second kappa shape index (κ2) is 5.91.